The van der Waals surface area contributed by atoms with Gasteiger partial charge in [0.1, 0.15) is 0 Å². The van der Waals surface area contributed by atoms with E-state index in [1.807, 2.05) is 11.8 Å². The summed E-state index contributed by atoms with van der Waals surface area (Å²) >= 11 is 0. The SMILES string of the molecule is CCNC(=NCC(C)Cn1nc(C)cc1C)NCCCN1CCCCCC1=O.I. The first-order chi connectivity index (χ1) is 13.5. The first-order valence-electron chi connectivity index (χ1n) is 10.8. The van der Waals surface area contributed by atoms with Gasteiger partial charge in [0.25, 0.3) is 0 Å². The molecule has 1 aliphatic rings. The maximum Gasteiger partial charge on any atom is 0.222 e. The average Bonchev–Trinajstić information content (AvgIpc) is 2.84. The summed E-state index contributed by atoms with van der Waals surface area (Å²) in [6.07, 6.45) is 5.01. The van der Waals surface area contributed by atoms with Gasteiger partial charge in [-0.1, -0.05) is 13.3 Å². The summed E-state index contributed by atoms with van der Waals surface area (Å²) < 4.78 is 2.06. The molecule has 0 aromatic carbocycles. The first kappa shape index (κ1) is 25.7. The number of aromatic nitrogens is 2. The zero-order chi connectivity index (χ0) is 20.4. The first-order valence-corrected chi connectivity index (χ1v) is 10.8. The zero-order valence-corrected chi connectivity index (χ0v) is 20.9. The molecule has 1 amide bonds. The lowest BCUT2D eigenvalue weighted by atomic mass is 10.2. The van der Waals surface area contributed by atoms with E-state index in [9.17, 15) is 4.79 Å². The summed E-state index contributed by atoms with van der Waals surface area (Å²) in [4.78, 5) is 18.8. The Bertz CT molecular complexity index is 645. The number of nitrogens with zero attached hydrogens (tertiary/aromatic N) is 4. The third-order valence-electron chi connectivity index (χ3n) is 5.06. The molecule has 29 heavy (non-hydrogen) atoms. The van der Waals surface area contributed by atoms with E-state index in [2.05, 4.69) is 47.3 Å². The van der Waals surface area contributed by atoms with Crippen molar-refractivity contribution in [2.45, 2.75) is 66.3 Å². The van der Waals surface area contributed by atoms with E-state index in [4.69, 9.17) is 4.99 Å². The molecule has 0 radical (unpaired) electrons. The summed E-state index contributed by atoms with van der Waals surface area (Å²) in [6, 6.07) is 2.11. The van der Waals surface area contributed by atoms with E-state index in [-0.39, 0.29) is 24.0 Å². The Morgan fingerprint density at radius 1 is 1.28 bits per heavy atom. The highest BCUT2D eigenvalue weighted by Crippen LogP contribution is 2.11. The predicted octanol–water partition coefficient (Wildman–Crippen LogP) is 3.10. The highest BCUT2D eigenvalue weighted by atomic mass is 127. The molecule has 0 spiro atoms. The van der Waals surface area contributed by atoms with Crippen LogP contribution in [0.2, 0.25) is 0 Å². The molecule has 1 fully saturated rings. The summed E-state index contributed by atoms with van der Waals surface area (Å²) in [7, 11) is 0. The minimum Gasteiger partial charge on any atom is -0.357 e. The van der Waals surface area contributed by atoms with Crippen molar-refractivity contribution in [1.82, 2.24) is 25.3 Å². The number of nitrogens with one attached hydrogen (secondary N) is 2. The summed E-state index contributed by atoms with van der Waals surface area (Å²) in [5, 5.41) is 11.3. The van der Waals surface area contributed by atoms with Gasteiger partial charge >= 0.3 is 0 Å². The van der Waals surface area contributed by atoms with Crippen molar-refractivity contribution in [1.29, 1.82) is 0 Å². The molecule has 1 atom stereocenters. The van der Waals surface area contributed by atoms with Crippen LogP contribution in [0.1, 0.15) is 57.3 Å². The third kappa shape index (κ3) is 9.35. The molecular weight excluding hydrogens is 479 g/mol. The van der Waals surface area contributed by atoms with Crippen molar-refractivity contribution < 1.29 is 4.79 Å². The number of carbonyl (C=O) groups excluding carboxylic acids is 1. The molecule has 166 valence electrons. The van der Waals surface area contributed by atoms with E-state index < -0.39 is 0 Å². The zero-order valence-electron chi connectivity index (χ0n) is 18.5. The second kappa shape index (κ2) is 13.8. The molecule has 0 saturated carbocycles. The molecule has 1 unspecified atom stereocenters. The van der Waals surface area contributed by atoms with Crippen molar-refractivity contribution in [2.24, 2.45) is 10.9 Å². The molecule has 1 saturated heterocycles. The fourth-order valence-electron chi connectivity index (χ4n) is 3.55. The second-order valence-electron chi connectivity index (χ2n) is 7.91. The monoisotopic (exact) mass is 518 g/mol. The Morgan fingerprint density at radius 2 is 2.07 bits per heavy atom. The van der Waals surface area contributed by atoms with Gasteiger partial charge in [-0.2, -0.15) is 5.10 Å². The number of likely N-dealkylation sites (tertiary alicyclic amines) is 1. The average molecular weight is 518 g/mol. The second-order valence-corrected chi connectivity index (χ2v) is 7.91. The quantitative estimate of drug-likeness (QED) is 0.228. The lowest BCUT2D eigenvalue weighted by Gasteiger charge is -2.21. The minimum atomic E-state index is 0. The number of hydrogen-bond acceptors (Lipinski definition) is 3. The summed E-state index contributed by atoms with van der Waals surface area (Å²) in [6.45, 7) is 13.4. The maximum absolute atomic E-state index is 12.1. The number of aliphatic imine (C=N–C) groups is 1. The molecule has 0 aliphatic carbocycles. The molecule has 2 rings (SSSR count). The molecule has 8 heteroatoms. The highest BCUT2D eigenvalue weighted by Gasteiger charge is 2.15. The van der Waals surface area contributed by atoms with Crippen molar-refractivity contribution >= 4 is 35.8 Å². The number of rotatable bonds is 9. The van der Waals surface area contributed by atoms with Gasteiger partial charge in [-0.15, -0.1) is 24.0 Å². The smallest absolute Gasteiger partial charge is 0.222 e. The number of aryl methyl sites for hydroxylation is 2. The lowest BCUT2D eigenvalue weighted by Crippen LogP contribution is -2.39. The molecule has 7 nitrogen and oxygen atoms in total. The fourth-order valence-corrected chi connectivity index (χ4v) is 3.55. The molecule has 2 N–H and O–H groups in total. The molecular formula is C21H39IN6O. The molecule has 2 heterocycles. The van der Waals surface area contributed by atoms with Crippen LogP contribution >= 0.6 is 24.0 Å². The Kier molecular flexibility index (Phi) is 12.3. The van der Waals surface area contributed by atoms with Crippen LogP contribution in [-0.2, 0) is 11.3 Å². The minimum absolute atomic E-state index is 0. The van der Waals surface area contributed by atoms with Crippen LogP contribution in [0.25, 0.3) is 0 Å². The van der Waals surface area contributed by atoms with Crippen LogP contribution in [0.15, 0.2) is 11.1 Å². The van der Waals surface area contributed by atoms with E-state index in [0.29, 0.717) is 18.2 Å². The van der Waals surface area contributed by atoms with Crippen molar-refractivity contribution in [2.75, 3.05) is 32.7 Å². The Labute approximate surface area is 193 Å². The van der Waals surface area contributed by atoms with E-state index in [1.54, 1.807) is 0 Å². The van der Waals surface area contributed by atoms with Crippen LogP contribution in [-0.4, -0.2) is 59.3 Å². The fraction of sp³-hybridized carbons (Fsp3) is 0.762. The van der Waals surface area contributed by atoms with Crippen LogP contribution in [0, 0.1) is 19.8 Å². The van der Waals surface area contributed by atoms with E-state index in [0.717, 1.165) is 70.2 Å². The Balaban J connectivity index is 0.00000420. The Morgan fingerprint density at radius 3 is 2.76 bits per heavy atom. The number of halogens is 1. The van der Waals surface area contributed by atoms with Crippen LogP contribution in [0.5, 0.6) is 0 Å². The number of amides is 1. The molecule has 1 aliphatic heterocycles. The number of guanidine groups is 1. The van der Waals surface area contributed by atoms with Gasteiger partial charge in [0.05, 0.1) is 5.69 Å². The van der Waals surface area contributed by atoms with Crippen molar-refractivity contribution in [3.63, 3.8) is 0 Å². The summed E-state index contributed by atoms with van der Waals surface area (Å²) in [5.41, 5.74) is 2.26. The van der Waals surface area contributed by atoms with E-state index >= 15 is 0 Å². The largest absolute Gasteiger partial charge is 0.357 e. The topological polar surface area (TPSA) is 74.6 Å². The van der Waals surface area contributed by atoms with Crippen LogP contribution in [0.4, 0.5) is 0 Å². The van der Waals surface area contributed by atoms with Gasteiger partial charge in [0.2, 0.25) is 5.91 Å². The van der Waals surface area contributed by atoms with Crippen LogP contribution < -0.4 is 10.6 Å². The number of hydrogen-bond donors (Lipinski definition) is 2. The van der Waals surface area contributed by atoms with Crippen molar-refractivity contribution in [3.8, 4) is 0 Å². The number of carbonyl (C=O) groups is 1. The lowest BCUT2D eigenvalue weighted by molar-refractivity contribution is -0.130. The Hall–Kier alpha value is -1.32. The van der Waals surface area contributed by atoms with Gasteiger partial charge in [-0.05, 0) is 52.0 Å². The summed E-state index contributed by atoms with van der Waals surface area (Å²) in [5.74, 6) is 1.57. The van der Waals surface area contributed by atoms with Gasteiger partial charge in [0.15, 0.2) is 5.96 Å². The highest BCUT2D eigenvalue weighted by molar-refractivity contribution is 14.0. The van der Waals surface area contributed by atoms with Gasteiger partial charge < -0.3 is 15.5 Å². The van der Waals surface area contributed by atoms with Crippen LogP contribution in [0.3, 0.4) is 0 Å². The van der Waals surface area contributed by atoms with Gasteiger partial charge in [0, 0.05) is 51.4 Å². The third-order valence-corrected chi connectivity index (χ3v) is 5.06. The predicted molar refractivity (Wildman–Crippen MR) is 130 cm³/mol. The van der Waals surface area contributed by atoms with Gasteiger partial charge in [-0.3, -0.25) is 14.5 Å². The standard InChI is InChI=1S/C21H38N6O.HI/c1-5-22-21(23-11-9-13-26-12-8-6-7-10-20(26)28)24-15-17(2)16-27-19(4)14-18(3)25-27;/h14,17H,5-13,15-16H2,1-4H3,(H2,22,23,24);1H. The normalized spacial score (nSPS) is 16.2. The van der Waals surface area contributed by atoms with Gasteiger partial charge in [-0.25, -0.2) is 0 Å². The molecule has 1 aromatic heterocycles. The molecule has 1 aromatic rings. The van der Waals surface area contributed by atoms with Crippen molar-refractivity contribution in [3.05, 3.63) is 17.5 Å². The van der Waals surface area contributed by atoms with E-state index in [1.165, 1.54) is 12.1 Å². The molecule has 0 bridgehead atoms. The maximum atomic E-state index is 12.1.